The molecule has 7 heteroatoms. The van der Waals surface area contributed by atoms with Crippen molar-refractivity contribution in [1.82, 2.24) is 4.90 Å². The number of hydrogen-bond acceptors (Lipinski definition) is 5. The van der Waals surface area contributed by atoms with Crippen LogP contribution in [0.25, 0.3) is 0 Å². The summed E-state index contributed by atoms with van der Waals surface area (Å²) in [5, 5.41) is 1.15. The summed E-state index contributed by atoms with van der Waals surface area (Å²) in [6.07, 6.45) is 2.44. The van der Waals surface area contributed by atoms with Gasteiger partial charge >= 0.3 is 0 Å². The Bertz CT molecular complexity index is 687. The second kappa shape index (κ2) is 6.18. The van der Waals surface area contributed by atoms with Crippen molar-refractivity contribution in [2.45, 2.75) is 44.0 Å². The molecule has 0 aromatic carbocycles. The van der Waals surface area contributed by atoms with Gasteiger partial charge in [0.2, 0.25) is 5.91 Å². The fourth-order valence-corrected chi connectivity index (χ4v) is 5.60. The number of thiophene rings is 1. The molecule has 1 saturated heterocycles. The first-order valence-corrected chi connectivity index (χ1v) is 10.7. The molecule has 0 saturated carbocycles. The number of rotatable bonds is 3. The van der Waals surface area contributed by atoms with Gasteiger partial charge in [0.15, 0.2) is 9.84 Å². The van der Waals surface area contributed by atoms with Crippen molar-refractivity contribution < 1.29 is 17.9 Å². The van der Waals surface area contributed by atoms with Crippen LogP contribution >= 0.6 is 11.3 Å². The van der Waals surface area contributed by atoms with E-state index in [0.717, 1.165) is 25.9 Å². The fraction of sp³-hybridized carbons (Fsp3) is 0.688. The highest BCUT2D eigenvalue weighted by molar-refractivity contribution is 7.92. The van der Waals surface area contributed by atoms with Gasteiger partial charge in [-0.2, -0.15) is 0 Å². The lowest BCUT2D eigenvalue weighted by molar-refractivity contribution is -0.139. The molecule has 1 aromatic rings. The topological polar surface area (TPSA) is 63.7 Å². The molecule has 3 heterocycles. The van der Waals surface area contributed by atoms with Gasteiger partial charge in [-0.05, 0) is 43.2 Å². The van der Waals surface area contributed by atoms with E-state index in [9.17, 15) is 13.2 Å². The second-order valence-corrected chi connectivity index (χ2v) is 9.81. The normalized spacial score (nSPS) is 21.9. The van der Waals surface area contributed by atoms with Crippen LogP contribution in [0.15, 0.2) is 11.4 Å². The zero-order valence-electron chi connectivity index (χ0n) is 13.6. The summed E-state index contributed by atoms with van der Waals surface area (Å²) in [6.45, 7) is 4.91. The van der Waals surface area contributed by atoms with Crippen LogP contribution < -0.4 is 0 Å². The number of carbonyl (C=O) groups excluding carboxylic acids is 1. The van der Waals surface area contributed by atoms with Crippen molar-refractivity contribution in [3.8, 4) is 0 Å². The average Bonchev–Trinajstić information content (AvgIpc) is 3.04. The summed E-state index contributed by atoms with van der Waals surface area (Å²) in [4.78, 5) is 15.5. The number of fused-ring (bicyclic) bond motifs is 2. The number of ether oxygens (including phenoxy) is 1. The van der Waals surface area contributed by atoms with E-state index < -0.39 is 15.1 Å². The quantitative estimate of drug-likeness (QED) is 0.830. The maximum Gasteiger partial charge on any atom is 0.240 e. The van der Waals surface area contributed by atoms with E-state index >= 15 is 0 Å². The Labute approximate surface area is 141 Å². The van der Waals surface area contributed by atoms with Crippen LogP contribution in [0.2, 0.25) is 0 Å². The van der Waals surface area contributed by atoms with E-state index in [1.165, 1.54) is 17.4 Å². The minimum absolute atomic E-state index is 0.000644. The average molecular weight is 357 g/mol. The van der Waals surface area contributed by atoms with Crippen LogP contribution in [0.5, 0.6) is 0 Å². The molecule has 2 aliphatic heterocycles. The predicted octanol–water partition coefficient (Wildman–Crippen LogP) is 1.96. The third-order valence-corrected chi connectivity index (χ3v) is 8.31. The summed E-state index contributed by atoms with van der Waals surface area (Å²) >= 11 is 1.73. The van der Waals surface area contributed by atoms with Crippen molar-refractivity contribution >= 4 is 27.1 Å². The number of likely N-dealkylation sites (tertiary alicyclic amines) is 1. The maximum absolute atomic E-state index is 12.5. The molecule has 5 nitrogen and oxygen atoms in total. The largest absolute Gasteiger partial charge is 0.369 e. The smallest absolute Gasteiger partial charge is 0.240 e. The molecule has 3 rings (SSSR count). The van der Waals surface area contributed by atoms with Crippen LogP contribution in [0.4, 0.5) is 0 Å². The molecule has 0 radical (unpaired) electrons. The van der Waals surface area contributed by atoms with Crippen molar-refractivity contribution in [2.75, 3.05) is 25.4 Å². The van der Waals surface area contributed by atoms with Crippen LogP contribution in [-0.4, -0.2) is 49.9 Å². The zero-order chi connectivity index (χ0) is 16.7. The molecule has 1 aromatic heterocycles. The summed E-state index contributed by atoms with van der Waals surface area (Å²) in [6, 6.07) is 2.16. The summed E-state index contributed by atoms with van der Waals surface area (Å²) in [5.41, 5.74) is 1.09. The monoisotopic (exact) mass is 357 g/mol. The van der Waals surface area contributed by atoms with Crippen molar-refractivity contribution in [3.63, 3.8) is 0 Å². The number of sulfone groups is 1. The van der Waals surface area contributed by atoms with E-state index in [1.807, 2.05) is 0 Å². The van der Waals surface area contributed by atoms with E-state index in [4.69, 9.17) is 4.74 Å². The van der Waals surface area contributed by atoms with Gasteiger partial charge in [0.05, 0.1) is 6.61 Å². The first kappa shape index (κ1) is 16.9. The van der Waals surface area contributed by atoms with Crippen LogP contribution in [0.3, 0.4) is 0 Å². The number of nitrogens with zero attached hydrogens (tertiary/aromatic N) is 1. The van der Waals surface area contributed by atoms with Gasteiger partial charge in [-0.15, -0.1) is 11.3 Å². The van der Waals surface area contributed by atoms with Crippen LogP contribution in [-0.2, 0) is 31.4 Å². The summed E-state index contributed by atoms with van der Waals surface area (Å²) in [7, 11) is -3.34. The Balaban J connectivity index is 1.72. The third-order valence-electron chi connectivity index (χ3n) is 5.08. The molecule has 23 heavy (non-hydrogen) atoms. The number of hydrogen-bond donors (Lipinski definition) is 0. The highest BCUT2D eigenvalue weighted by Gasteiger charge is 2.43. The van der Waals surface area contributed by atoms with E-state index in [1.54, 1.807) is 23.2 Å². The minimum atomic E-state index is -3.34. The molecule has 1 amide bonds. The first-order chi connectivity index (χ1) is 10.9. The SMILES string of the molecule is CCS(=O)(=O)C(C)C(=O)N1CCC2(CC1)OCCc1ccsc12. The highest BCUT2D eigenvalue weighted by Crippen LogP contribution is 2.44. The Morgan fingerprint density at radius 3 is 2.78 bits per heavy atom. The van der Waals surface area contributed by atoms with E-state index in [-0.39, 0.29) is 17.3 Å². The molecule has 1 fully saturated rings. The lowest BCUT2D eigenvalue weighted by Gasteiger charge is -2.44. The summed E-state index contributed by atoms with van der Waals surface area (Å²) in [5.74, 6) is -0.275. The van der Waals surface area contributed by atoms with Crippen molar-refractivity contribution in [2.24, 2.45) is 0 Å². The minimum Gasteiger partial charge on any atom is -0.369 e. The lowest BCUT2D eigenvalue weighted by Crippen LogP contribution is -2.51. The molecular formula is C16H23NO4S2. The van der Waals surface area contributed by atoms with Gasteiger partial charge < -0.3 is 9.64 Å². The van der Waals surface area contributed by atoms with Gasteiger partial charge in [-0.25, -0.2) is 8.42 Å². The molecular weight excluding hydrogens is 334 g/mol. The van der Waals surface area contributed by atoms with Gasteiger partial charge in [-0.1, -0.05) is 6.92 Å². The van der Waals surface area contributed by atoms with E-state index in [0.29, 0.717) is 13.1 Å². The maximum atomic E-state index is 12.5. The summed E-state index contributed by atoms with van der Waals surface area (Å²) < 4.78 is 30.0. The zero-order valence-corrected chi connectivity index (χ0v) is 15.2. The highest BCUT2D eigenvalue weighted by atomic mass is 32.2. The molecule has 0 aliphatic carbocycles. The van der Waals surface area contributed by atoms with Gasteiger partial charge in [0.1, 0.15) is 10.9 Å². The molecule has 0 bridgehead atoms. The standard InChI is InChI=1S/C16H23NO4S2/c1-3-23(19,20)12(2)15(18)17-8-6-16(7-9-17)14-13(4-10-21-16)5-11-22-14/h5,11-12H,3-4,6-10H2,1-2H3. The number of amides is 1. The molecule has 128 valence electrons. The Hall–Kier alpha value is -0.920. The van der Waals surface area contributed by atoms with Crippen molar-refractivity contribution in [1.29, 1.82) is 0 Å². The first-order valence-electron chi connectivity index (χ1n) is 8.11. The second-order valence-electron chi connectivity index (χ2n) is 6.29. The van der Waals surface area contributed by atoms with Crippen LogP contribution in [0.1, 0.15) is 37.1 Å². The van der Waals surface area contributed by atoms with Gasteiger partial charge in [0.25, 0.3) is 0 Å². The van der Waals surface area contributed by atoms with E-state index in [2.05, 4.69) is 11.4 Å². The van der Waals surface area contributed by atoms with Gasteiger partial charge in [0, 0.05) is 23.7 Å². The lowest BCUT2D eigenvalue weighted by atomic mass is 9.85. The molecule has 1 atom stereocenters. The fourth-order valence-electron chi connectivity index (χ4n) is 3.47. The predicted molar refractivity (Wildman–Crippen MR) is 90.4 cm³/mol. The Morgan fingerprint density at radius 1 is 1.43 bits per heavy atom. The molecule has 1 unspecified atom stereocenters. The molecule has 0 N–H and O–H groups in total. The van der Waals surface area contributed by atoms with Crippen molar-refractivity contribution in [3.05, 3.63) is 21.9 Å². The van der Waals surface area contributed by atoms with Gasteiger partial charge in [-0.3, -0.25) is 4.79 Å². The Kier molecular flexibility index (Phi) is 4.55. The number of piperidine rings is 1. The third kappa shape index (κ3) is 2.94. The molecule has 1 spiro atoms. The Morgan fingerprint density at radius 2 is 2.13 bits per heavy atom. The number of carbonyl (C=O) groups is 1. The van der Waals surface area contributed by atoms with Crippen LogP contribution in [0, 0.1) is 0 Å². The molecule has 2 aliphatic rings.